The van der Waals surface area contributed by atoms with Crippen LogP contribution in [0.1, 0.15) is 12.5 Å². The minimum Gasteiger partial charge on any atom is -0.489 e. The number of carbonyl (C=O) groups excluding carboxylic acids is 1. The maximum absolute atomic E-state index is 13.2. The number of fused-ring (bicyclic) bond motifs is 1. The smallest absolute Gasteiger partial charge is 0.326 e. The van der Waals surface area contributed by atoms with E-state index in [0.717, 1.165) is 0 Å². The molecule has 1 heterocycles. The Hall–Kier alpha value is -3.22. The van der Waals surface area contributed by atoms with E-state index in [-0.39, 0.29) is 31.1 Å². The van der Waals surface area contributed by atoms with Crippen molar-refractivity contribution in [2.45, 2.75) is 20.1 Å². The minimum atomic E-state index is -0.495. The van der Waals surface area contributed by atoms with E-state index in [4.69, 9.17) is 9.47 Å². The van der Waals surface area contributed by atoms with Gasteiger partial charge < -0.3 is 9.47 Å². The van der Waals surface area contributed by atoms with E-state index in [1.54, 1.807) is 37.3 Å². The van der Waals surface area contributed by atoms with Crippen molar-refractivity contribution in [1.29, 1.82) is 0 Å². The molecule has 0 saturated carbocycles. The largest absolute Gasteiger partial charge is 0.489 e. The normalized spacial score (nSPS) is 10.7. The molecule has 0 bridgehead atoms. The van der Waals surface area contributed by atoms with Crippen molar-refractivity contribution in [3.63, 3.8) is 0 Å². The molecule has 6 nitrogen and oxygen atoms in total. The van der Waals surface area contributed by atoms with Crippen LogP contribution in [0.25, 0.3) is 10.9 Å². The van der Waals surface area contributed by atoms with Crippen LogP contribution in [-0.4, -0.2) is 22.1 Å². The zero-order valence-corrected chi connectivity index (χ0v) is 14.1. The predicted molar refractivity (Wildman–Crippen MR) is 93.4 cm³/mol. The van der Waals surface area contributed by atoms with Crippen LogP contribution in [0.2, 0.25) is 0 Å². The van der Waals surface area contributed by atoms with E-state index in [1.807, 2.05) is 0 Å². The van der Waals surface area contributed by atoms with Crippen LogP contribution in [0, 0.1) is 5.82 Å². The number of nitrogens with zero attached hydrogens (tertiary/aromatic N) is 2. The topological polar surface area (TPSA) is 70.4 Å². The first kappa shape index (κ1) is 17.6. The van der Waals surface area contributed by atoms with E-state index in [0.29, 0.717) is 22.2 Å². The molecule has 0 amide bonds. The summed E-state index contributed by atoms with van der Waals surface area (Å²) < 4.78 is 24.9. The molecular weight excluding hydrogens is 339 g/mol. The summed E-state index contributed by atoms with van der Waals surface area (Å²) in [4.78, 5) is 28.2. The molecule has 1 aromatic heterocycles. The number of rotatable bonds is 6. The Kier molecular flexibility index (Phi) is 5.26. The van der Waals surface area contributed by atoms with Gasteiger partial charge in [0.05, 0.1) is 23.8 Å². The van der Waals surface area contributed by atoms with E-state index < -0.39 is 5.97 Å². The van der Waals surface area contributed by atoms with Gasteiger partial charge >= 0.3 is 5.97 Å². The van der Waals surface area contributed by atoms with Gasteiger partial charge in [-0.25, -0.2) is 9.37 Å². The highest BCUT2D eigenvalue weighted by molar-refractivity contribution is 5.79. The molecule has 134 valence electrons. The summed E-state index contributed by atoms with van der Waals surface area (Å²) >= 11 is 0. The molecule has 3 aromatic rings. The van der Waals surface area contributed by atoms with Crippen molar-refractivity contribution >= 4 is 16.9 Å². The van der Waals surface area contributed by atoms with Gasteiger partial charge in [0.25, 0.3) is 5.56 Å². The van der Waals surface area contributed by atoms with Crippen molar-refractivity contribution in [1.82, 2.24) is 9.55 Å². The summed E-state index contributed by atoms with van der Waals surface area (Å²) in [7, 11) is 0. The van der Waals surface area contributed by atoms with Gasteiger partial charge in [-0.05, 0) is 36.8 Å². The number of carbonyl (C=O) groups is 1. The number of benzene rings is 2. The quantitative estimate of drug-likeness (QED) is 0.635. The van der Waals surface area contributed by atoms with E-state index in [1.165, 1.54) is 23.0 Å². The van der Waals surface area contributed by atoms with Gasteiger partial charge in [-0.15, -0.1) is 0 Å². The summed E-state index contributed by atoms with van der Waals surface area (Å²) in [5, 5.41) is 0.370. The summed E-state index contributed by atoms with van der Waals surface area (Å²) in [5.74, 6) is -0.309. The predicted octanol–water partition coefficient (Wildman–Crippen LogP) is 2.68. The van der Waals surface area contributed by atoms with E-state index in [2.05, 4.69) is 4.98 Å². The Bertz CT molecular complexity index is 1000. The summed E-state index contributed by atoms with van der Waals surface area (Å²) in [6, 6.07) is 11.0. The Labute approximate surface area is 148 Å². The Morgan fingerprint density at radius 2 is 2.08 bits per heavy atom. The fraction of sp³-hybridized carbons (Fsp3) is 0.211. The Morgan fingerprint density at radius 3 is 2.85 bits per heavy atom. The van der Waals surface area contributed by atoms with Crippen LogP contribution in [0.3, 0.4) is 0 Å². The van der Waals surface area contributed by atoms with Crippen molar-refractivity contribution < 1.29 is 18.7 Å². The molecule has 26 heavy (non-hydrogen) atoms. The molecular formula is C19H17FN2O4. The molecule has 0 saturated heterocycles. The molecule has 2 aromatic carbocycles. The van der Waals surface area contributed by atoms with Crippen LogP contribution in [0.4, 0.5) is 4.39 Å². The Morgan fingerprint density at radius 1 is 1.23 bits per heavy atom. The molecule has 0 fully saturated rings. The lowest BCUT2D eigenvalue weighted by atomic mass is 10.2. The number of esters is 1. The minimum absolute atomic E-state index is 0.187. The van der Waals surface area contributed by atoms with Crippen molar-refractivity contribution in [3.05, 3.63) is 70.5 Å². The highest BCUT2D eigenvalue weighted by Gasteiger charge is 2.09. The number of aromatic nitrogens is 2. The summed E-state index contributed by atoms with van der Waals surface area (Å²) in [6.07, 6.45) is 1.30. The third-order valence-electron chi connectivity index (χ3n) is 3.70. The van der Waals surface area contributed by atoms with Gasteiger partial charge in [0, 0.05) is 6.07 Å². The second-order valence-electron chi connectivity index (χ2n) is 5.58. The van der Waals surface area contributed by atoms with Crippen LogP contribution >= 0.6 is 0 Å². The lowest BCUT2D eigenvalue weighted by Gasteiger charge is -2.09. The van der Waals surface area contributed by atoms with Crippen LogP contribution in [0.5, 0.6) is 5.75 Å². The molecule has 0 aliphatic carbocycles. The van der Waals surface area contributed by atoms with Crippen LogP contribution in [0.15, 0.2) is 53.6 Å². The fourth-order valence-corrected chi connectivity index (χ4v) is 2.48. The number of halogens is 1. The highest BCUT2D eigenvalue weighted by Crippen LogP contribution is 2.18. The average Bonchev–Trinajstić information content (AvgIpc) is 2.63. The van der Waals surface area contributed by atoms with Gasteiger partial charge in [-0.3, -0.25) is 14.2 Å². The average molecular weight is 356 g/mol. The molecule has 0 spiro atoms. The van der Waals surface area contributed by atoms with Gasteiger partial charge in [0.1, 0.15) is 24.7 Å². The van der Waals surface area contributed by atoms with Crippen LogP contribution in [-0.2, 0) is 22.7 Å². The van der Waals surface area contributed by atoms with Crippen molar-refractivity contribution in [2.75, 3.05) is 6.61 Å². The van der Waals surface area contributed by atoms with E-state index in [9.17, 15) is 14.0 Å². The monoisotopic (exact) mass is 356 g/mol. The lowest BCUT2D eigenvalue weighted by molar-refractivity contribution is -0.143. The maximum atomic E-state index is 13.2. The first-order valence-electron chi connectivity index (χ1n) is 8.09. The molecule has 0 N–H and O–H groups in total. The maximum Gasteiger partial charge on any atom is 0.326 e. The van der Waals surface area contributed by atoms with Crippen molar-refractivity contribution in [3.8, 4) is 5.75 Å². The SMILES string of the molecule is CCOC(=O)Cn1cnc2cc(OCc3cccc(F)c3)ccc2c1=O. The first-order chi connectivity index (χ1) is 12.6. The second-order valence-corrected chi connectivity index (χ2v) is 5.58. The third kappa shape index (κ3) is 4.05. The second kappa shape index (κ2) is 7.77. The number of ether oxygens (including phenoxy) is 2. The Balaban J connectivity index is 1.79. The lowest BCUT2D eigenvalue weighted by Crippen LogP contribution is -2.25. The zero-order chi connectivity index (χ0) is 18.5. The van der Waals surface area contributed by atoms with Gasteiger partial charge in [-0.2, -0.15) is 0 Å². The molecule has 0 unspecified atom stereocenters. The van der Waals surface area contributed by atoms with Gasteiger partial charge in [0.15, 0.2) is 0 Å². The molecule has 7 heteroatoms. The third-order valence-corrected chi connectivity index (χ3v) is 3.70. The summed E-state index contributed by atoms with van der Waals surface area (Å²) in [5.41, 5.74) is 0.814. The number of hydrogen-bond donors (Lipinski definition) is 0. The molecule has 0 atom stereocenters. The van der Waals surface area contributed by atoms with Gasteiger partial charge in [0.2, 0.25) is 0 Å². The van der Waals surface area contributed by atoms with Crippen molar-refractivity contribution in [2.24, 2.45) is 0 Å². The fourth-order valence-electron chi connectivity index (χ4n) is 2.48. The summed E-state index contributed by atoms with van der Waals surface area (Å²) in [6.45, 7) is 1.96. The zero-order valence-electron chi connectivity index (χ0n) is 14.1. The molecule has 3 rings (SSSR count). The first-order valence-corrected chi connectivity index (χ1v) is 8.09. The molecule has 0 aliphatic rings. The molecule has 0 aliphatic heterocycles. The number of hydrogen-bond acceptors (Lipinski definition) is 5. The highest BCUT2D eigenvalue weighted by atomic mass is 19.1. The standard InChI is InChI=1S/C19H17FN2O4/c1-2-25-18(23)10-22-12-21-17-9-15(6-7-16(17)19(22)24)26-11-13-4-3-5-14(20)8-13/h3-9,12H,2,10-11H2,1H3. The van der Waals surface area contributed by atoms with E-state index >= 15 is 0 Å². The molecule has 0 radical (unpaired) electrons. The van der Waals surface area contributed by atoms with Crippen LogP contribution < -0.4 is 10.3 Å². The van der Waals surface area contributed by atoms with Gasteiger partial charge in [-0.1, -0.05) is 12.1 Å².